The molecule has 5 nitrogen and oxygen atoms in total. The lowest BCUT2D eigenvalue weighted by molar-refractivity contribution is 0.0938. The molecule has 1 N–H and O–H groups in total. The van der Waals surface area contributed by atoms with Crippen LogP contribution in [-0.2, 0) is 0 Å². The number of benzene rings is 2. The second-order valence-electron chi connectivity index (χ2n) is 6.19. The molecule has 0 aliphatic carbocycles. The van der Waals surface area contributed by atoms with Crippen molar-refractivity contribution in [2.24, 2.45) is 0 Å². The summed E-state index contributed by atoms with van der Waals surface area (Å²) < 4.78 is 1.50. The summed E-state index contributed by atoms with van der Waals surface area (Å²) in [6.45, 7) is 1.89. The summed E-state index contributed by atoms with van der Waals surface area (Å²) in [4.78, 5) is 30.6. The van der Waals surface area contributed by atoms with E-state index >= 15 is 0 Å². The van der Waals surface area contributed by atoms with Crippen LogP contribution in [0.1, 0.15) is 28.9 Å². The van der Waals surface area contributed by atoms with Gasteiger partial charge in [-0.15, -0.1) is 11.3 Å². The third-order valence-corrected chi connectivity index (χ3v) is 5.25. The molecule has 0 fully saturated rings. The van der Waals surface area contributed by atoms with Gasteiger partial charge in [0.15, 0.2) is 4.96 Å². The van der Waals surface area contributed by atoms with Crippen molar-refractivity contribution in [3.63, 3.8) is 0 Å². The van der Waals surface area contributed by atoms with Gasteiger partial charge >= 0.3 is 0 Å². The van der Waals surface area contributed by atoms with Gasteiger partial charge in [0.05, 0.1) is 11.7 Å². The summed E-state index contributed by atoms with van der Waals surface area (Å²) in [6.07, 6.45) is 1.36. The van der Waals surface area contributed by atoms with Crippen molar-refractivity contribution in [3.8, 4) is 11.3 Å². The molecule has 2 aromatic carbocycles. The van der Waals surface area contributed by atoms with E-state index in [0.29, 0.717) is 4.96 Å². The van der Waals surface area contributed by atoms with Gasteiger partial charge in [0.1, 0.15) is 5.56 Å². The Morgan fingerprint density at radius 3 is 2.44 bits per heavy atom. The van der Waals surface area contributed by atoms with Crippen LogP contribution in [0.2, 0.25) is 0 Å². The van der Waals surface area contributed by atoms with E-state index in [1.165, 1.54) is 21.9 Å². The second-order valence-corrected chi connectivity index (χ2v) is 7.02. The van der Waals surface area contributed by atoms with Gasteiger partial charge in [0, 0.05) is 11.6 Å². The monoisotopic (exact) mass is 375 g/mol. The van der Waals surface area contributed by atoms with Crippen LogP contribution in [0, 0.1) is 0 Å². The molecule has 134 valence electrons. The molecule has 0 bridgehead atoms. The fourth-order valence-corrected chi connectivity index (χ4v) is 3.82. The van der Waals surface area contributed by atoms with E-state index in [4.69, 9.17) is 0 Å². The maximum Gasteiger partial charge on any atom is 0.271 e. The molecule has 2 heterocycles. The van der Waals surface area contributed by atoms with Crippen molar-refractivity contribution >= 4 is 22.2 Å². The number of hydrogen-bond donors (Lipinski definition) is 1. The van der Waals surface area contributed by atoms with Crippen LogP contribution in [0.5, 0.6) is 0 Å². The summed E-state index contributed by atoms with van der Waals surface area (Å²) in [5.41, 5.74) is 2.28. The lowest BCUT2D eigenvalue weighted by Gasteiger charge is -2.14. The Balaban J connectivity index is 1.71. The first kappa shape index (κ1) is 17.2. The smallest absolute Gasteiger partial charge is 0.271 e. The molecule has 0 saturated heterocycles. The van der Waals surface area contributed by atoms with Crippen molar-refractivity contribution in [2.75, 3.05) is 0 Å². The Morgan fingerprint density at radius 2 is 1.74 bits per heavy atom. The normalized spacial score (nSPS) is 12.0. The van der Waals surface area contributed by atoms with Gasteiger partial charge in [0.2, 0.25) is 0 Å². The van der Waals surface area contributed by atoms with E-state index in [1.54, 1.807) is 0 Å². The molecule has 4 rings (SSSR count). The predicted octanol–water partition coefficient (Wildman–Crippen LogP) is 3.91. The Hall–Kier alpha value is -3.25. The van der Waals surface area contributed by atoms with Crippen LogP contribution < -0.4 is 10.9 Å². The van der Waals surface area contributed by atoms with Crippen LogP contribution >= 0.6 is 11.3 Å². The summed E-state index contributed by atoms with van der Waals surface area (Å²) in [7, 11) is 0. The summed E-state index contributed by atoms with van der Waals surface area (Å²) in [5.74, 6) is -0.427. The highest BCUT2D eigenvalue weighted by Gasteiger charge is 2.18. The molecule has 0 spiro atoms. The van der Waals surface area contributed by atoms with E-state index in [-0.39, 0.29) is 17.2 Å². The summed E-state index contributed by atoms with van der Waals surface area (Å²) in [5, 5.41) is 4.76. The lowest BCUT2D eigenvalue weighted by atomic mass is 10.1. The standard InChI is InChI=1S/C21H17N3O2S/c1-14(15-8-4-2-5-9-15)23-19(25)17-12-22-21-24(20(17)26)18(13-27-21)16-10-6-3-7-11-16/h2-14H,1H3,(H,23,25). The molecule has 0 aliphatic heterocycles. The van der Waals surface area contributed by atoms with Gasteiger partial charge in [0.25, 0.3) is 11.5 Å². The Kier molecular flexibility index (Phi) is 4.56. The van der Waals surface area contributed by atoms with E-state index < -0.39 is 5.91 Å². The third kappa shape index (κ3) is 3.27. The van der Waals surface area contributed by atoms with Crippen molar-refractivity contribution in [2.45, 2.75) is 13.0 Å². The van der Waals surface area contributed by atoms with E-state index in [9.17, 15) is 9.59 Å². The third-order valence-electron chi connectivity index (χ3n) is 4.41. The zero-order chi connectivity index (χ0) is 18.8. The number of fused-ring (bicyclic) bond motifs is 1. The van der Waals surface area contributed by atoms with Crippen molar-refractivity contribution < 1.29 is 4.79 Å². The molecule has 2 aromatic heterocycles. The highest BCUT2D eigenvalue weighted by atomic mass is 32.1. The minimum Gasteiger partial charge on any atom is -0.345 e. The molecule has 6 heteroatoms. The molecule has 0 saturated carbocycles. The molecule has 1 atom stereocenters. The number of rotatable bonds is 4. The van der Waals surface area contributed by atoms with Crippen LogP contribution in [0.3, 0.4) is 0 Å². The highest BCUT2D eigenvalue weighted by Crippen LogP contribution is 2.23. The minimum absolute atomic E-state index is 0.0332. The molecular weight excluding hydrogens is 358 g/mol. The van der Waals surface area contributed by atoms with Gasteiger partial charge in [-0.1, -0.05) is 60.7 Å². The first-order valence-corrected chi connectivity index (χ1v) is 9.43. The first-order chi connectivity index (χ1) is 13.1. The predicted molar refractivity (Wildman–Crippen MR) is 107 cm³/mol. The Labute approximate surface area is 160 Å². The number of carbonyl (C=O) groups is 1. The van der Waals surface area contributed by atoms with Crippen molar-refractivity contribution in [1.29, 1.82) is 0 Å². The van der Waals surface area contributed by atoms with Gasteiger partial charge in [-0.3, -0.25) is 14.0 Å². The number of hydrogen-bond acceptors (Lipinski definition) is 4. The largest absolute Gasteiger partial charge is 0.345 e. The fraction of sp³-hybridized carbons (Fsp3) is 0.0952. The number of nitrogens with one attached hydrogen (secondary N) is 1. The van der Waals surface area contributed by atoms with E-state index in [2.05, 4.69) is 10.3 Å². The topological polar surface area (TPSA) is 63.5 Å². The van der Waals surface area contributed by atoms with Crippen molar-refractivity contribution in [1.82, 2.24) is 14.7 Å². The molecule has 0 aliphatic rings. The number of aromatic nitrogens is 2. The van der Waals surface area contributed by atoms with Crippen LogP contribution in [-0.4, -0.2) is 15.3 Å². The molecular formula is C21H17N3O2S. The molecule has 1 unspecified atom stereocenters. The number of nitrogens with zero attached hydrogens (tertiary/aromatic N) is 2. The van der Waals surface area contributed by atoms with Gasteiger partial charge < -0.3 is 5.32 Å². The molecule has 27 heavy (non-hydrogen) atoms. The lowest BCUT2D eigenvalue weighted by Crippen LogP contribution is -2.33. The molecule has 1 amide bonds. The number of thiazole rings is 1. The van der Waals surface area contributed by atoms with Gasteiger partial charge in [-0.25, -0.2) is 4.98 Å². The van der Waals surface area contributed by atoms with Gasteiger partial charge in [-0.2, -0.15) is 0 Å². The maximum atomic E-state index is 13.0. The van der Waals surface area contributed by atoms with E-state index in [0.717, 1.165) is 16.8 Å². The highest BCUT2D eigenvalue weighted by molar-refractivity contribution is 7.15. The summed E-state index contributed by atoms with van der Waals surface area (Å²) in [6, 6.07) is 19.0. The SMILES string of the molecule is CC(NC(=O)c1cnc2scc(-c3ccccc3)n2c1=O)c1ccccc1. The van der Waals surface area contributed by atoms with Crippen molar-refractivity contribution in [3.05, 3.63) is 93.7 Å². The first-order valence-electron chi connectivity index (χ1n) is 8.55. The Morgan fingerprint density at radius 1 is 1.07 bits per heavy atom. The Bertz CT molecular complexity index is 1150. The minimum atomic E-state index is -0.427. The summed E-state index contributed by atoms with van der Waals surface area (Å²) >= 11 is 1.37. The molecule has 0 radical (unpaired) electrons. The van der Waals surface area contributed by atoms with Crippen LogP contribution in [0.15, 0.2) is 77.0 Å². The average molecular weight is 375 g/mol. The maximum absolute atomic E-state index is 13.0. The fourth-order valence-electron chi connectivity index (χ4n) is 2.96. The average Bonchev–Trinajstić information content (AvgIpc) is 3.14. The number of amides is 1. The molecule has 4 aromatic rings. The van der Waals surface area contributed by atoms with Crippen LogP contribution in [0.25, 0.3) is 16.2 Å². The quantitative estimate of drug-likeness (QED) is 0.588. The van der Waals surface area contributed by atoms with Crippen LogP contribution in [0.4, 0.5) is 0 Å². The zero-order valence-electron chi connectivity index (χ0n) is 14.6. The second kappa shape index (κ2) is 7.17. The van der Waals surface area contributed by atoms with Gasteiger partial charge in [-0.05, 0) is 18.1 Å². The number of carbonyl (C=O) groups excluding carboxylic acids is 1. The van der Waals surface area contributed by atoms with E-state index in [1.807, 2.05) is 73.0 Å². The zero-order valence-corrected chi connectivity index (χ0v) is 15.4.